The number of nitrogens with zero attached hydrogens (tertiary/aromatic N) is 1. The zero-order valence-corrected chi connectivity index (χ0v) is 17.5. The number of hydrogen-bond acceptors (Lipinski definition) is 5. The van der Waals surface area contributed by atoms with Gasteiger partial charge >= 0.3 is 0 Å². The summed E-state index contributed by atoms with van der Waals surface area (Å²) in [4.78, 5) is 14.1. The zero-order chi connectivity index (χ0) is 20.9. The van der Waals surface area contributed by atoms with E-state index in [0.29, 0.717) is 24.6 Å². The van der Waals surface area contributed by atoms with Crippen molar-refractivity contribution in [2.45, 2.75) is 31.1 Å². The number of methoxy groups -OCH3 is 1. The van der Waals surface area contributed by atoms with Crippen LogP contribution in [0.2, 0.25) is 0 Å². The van der Waals surface area contributed by atoms with Crippen molar-refractivity contribution in [3.8, 4) is 5.75 Å². The number of sulfonamides is 1. The fourth-order valence-electron chi connectivity index (χ4n) is 3.27. The van der Waals surface area contributed by atoms with Crippen molar-refractivity contribution in [3.63, 3.8) is 0 Å². The molecular weight excluding hydrogens is 392 g/mol. The van der Waals surface area contributed by atoms with E-state index in [2.05, 4.69) is 4.72 Å². The molecule has 0 aliphatic carbocycles. The number of fused-ring (bicyclic) bond motifs is 1. The molecule has 0 fully saturated rings. The summed E-state index contributed by atoms with van der Waals surface area (Å²) < 4.78 is 38.5. The van der Waals surface area contributed by atoms with E-state index >= 15 is 0 Å². The van der Waals surface area contributed by atoms with Crippen LogP contribution in [0.25, 0.3) is 0 Å². The molecular formula is C21H26N2O5S. The normalized spacial score (nSPS) is 13.7. The van der Waals surface area contributed by atoms with Crippen molar-refractivity contribution in [2.75, 3.05) is 36.5 Å². The van der Waals surface area contributed by atoms with Gasteiger partial charge in [-0.15, -0.1) is 0 Å². The monoisotopic (exact) mass is 418 g/mol. The predicted octanol–water partition coefficient (Wildman–Crippen LogP) is 3.20. The predicted molar refractivity (Wildman–Crippen MR) is 112 cm³/mol. The molecule has 8 heteroatoms. The second-order valence-corrected chi connectivity index (χ2v) is 8.53. The summed E-state index contributed by atoms with van der Waals surface area (Å²) in [6, 6.07) is 11.6. The number of benzene rings is 2. The Morgan fingerprint density at radius 1 is 1.17 bits per heavy atom. The highest BCUT2D eigenvalue weighted by molar-refractivity contribution is 7.92. The Morgan fingerprint density at radius 2 is 1.93 bits per heavy atom. The third-order valence-corrected chi connectivity index (χ3v) is 6.02. The first kappa shape index (κ1) is 21.1. The first-order chi connectivity index (χ1) is 13.9. The van der Waals surface area contributed by atoms with Gasteiger partial charge in [0.1, 0.15) is 12.4 Å². The molecule has 0 unspecified atom stereocenters. The Bertz CT molecular complexity index is 958. The van der Waals surface area contributed by atoms with Gasteiger partial charge in [0.15, 0.2) is 0 Å². The SMILES string of the molecule is CCCOc1ccc(S(=O)(=O)Nc2ccc3c(c2)CCCN3C(=O)COC)cc1. The number of nitrogens with one attached hydrogen (secondary N) is 1. The fourth-order valence-corrected chi connectivity index (χ4v) is 4.32. The lowest BCUT2D eigenvalue weighted by molar-refractivity contribution is -0.122. The van der Waals surface area contributed by atoms with Gasteiger partial charge in [-0.1, -0.05) is 6.92 Å². The molecule has 1 aliphatic heterocycles. The van der Waals surface area contributed by atoms with E-state index < -0.39 is 10.0 Å². The molecule has 0 bridgehead atoms. The topological polar surface area (TPSA) is 84.9 Å². The van der Waals surface area contributed by atoms with Gasteiger partial charge in [-0.05, 0) is 67.3 Å². The number of carbonyl (C=O) groups is 1. The summed E-state index contributed by atoms with van der Waals surface area (Å²) >= 11 is 0. The van der Waals surface area contributed by atoms with Gasteiger partial charge in [0, 0.05) is 25.0 Å². The summed E-state index contributed by atoms with van der Waals surface area (Å²) in [6.45, 7) is 3.25. The molecule has 1 heterocycles. The van der Waals surface area contributed by atoms with E-state index in [1.54, 1.807) is 35.2 Å². The zero-order valence-electron chi connectivity index (χ0n) is 16.7. The van der Waals surface area contributed by atoms with Crippen LogP contribution in [0.5, 0.6) is 5.75 Å². The van der Waals surface area contributed by atoms with Crippen molar-refractivity contribution >= 4 is 27.3 Å². The summed E-state index contributed by atoms with van der Waals surface area (Å²) in [5, 5.41) is 0. The highest BCUT2D eigenvalue weighted by atomic mass is 32.2. The number of ether oxygens (including phenoxy) is 2. The molecule has 3 rings (SSSR count). The molecule has 1 N–H and O–H groups in total. The van der Waals surface area contributed by atoms with E-state index in [-0.39, 0.29) is 17.4 Å². The first-order valence-electron chi connectivity index (χ1n) is 9.62. The second-order valence-electron chi connectivity index (χ2n) is 6.85. The van der Waals surface area contributed by atoms with Crippen LogP contribution in [-0.4, -0.2) is 41.2 Å². The van der Waals surface area contributed by atoms with E-state index in [1.807, 2.05) is 6.92 Å². The van der Waals surface area contributed by atoms with E-state index in [1.165, 1.54) is 19.2 Å². The maximum absolute atomic E-state index is 12.7. The lowest BCUT2D eigenvalue weighted by Gasteiger charge is -2.29. The van der Waals surface area contributed by atoms with Gasteiger partial charge in [-0.25, -0.2) is 8.42 Å². The highest BCUT2D eigenvalue weighted by Gasteiger charge is 2.23. The first-order valence-corrected chi connectivity index (χ1v) is 11.1. The molecule has 1 amide bonds. The average molecular weight is 419 g/mol. The molecule has 0 aromatic heterocycles. The van der Waals surface area contributed by atoms with Gasteiger partial charge in [-0.3, -0.25) is 9.52 Å². The minimum absolute atomic E-state index is 0.0196. The number of aryl methyl sites for hydroxylation is 1. The average Bonchev–Trinajstić information content (AvgIpc) is 2.72. The number of anilines is 2. The van der Waals surface area contributed by atoms with Gasteiger partial charge in [0.2, 0.25) is 0 Å². The minimum Gasteiger partial charge on any atom is -0.494 e. The molecule has 2 aromatic carbocycles. The summed E-state index contributed by atoms with van der Waals surface area (Å²) in [6.07, 6.45) is 2.48. The molecule has 7 nitrogen and oxygen atoms in total. The molecule has 0 atom stereocenters. The van der Waals surface area contributed by atoms with E-state index in [4.69, 9.17) is 9.47 Å². The minimum atomic E-state index is -3.72. The second kappa shape index (κ2) is 9.28. The van der Waals surface area contributed by atoms with Gasteiger partial charge in [0.05, 0.1) is 11.5 Å². The molecule has 0 saturated carbocycles. The smallest absolute Gasteiger partial charge is 0.261 e. The Balaban J connectivity index is 1.77. The van der Waals surface area contributed by atoms with Crippen molar-refractivity contribution < 1.29 is 22.7 Å². The fraction of sp³-hybridized carbons (Fsp3) is 0.381. The Hall–Kier alpha value is -2.58. The van der Waals surface area contributed by atoms with Gasteiger partial charge < -0.3 is 14.4 Å². The Labute approximate surface area is 171 Å². The van der Waals surface area contributed by atoms with Crippen LogP contribution in [0.1, 0.15) is 25.3 Å². The molecule has 0 spiro atoms. The van der Waals surface area contributed by atoms with Crippen LogP contribution in [0.4, 0.5) is 11.4 Å². The molecule has 0 radical (unpaired) electrons. The van der Waals surface area contributed by atoms with Crippen LogP contribution in [0, 0.1) is 0 Å². The van der Waals surface area contributed by atoms with Gasteiger partial charge in [-0.2, -0.15) is 0 Å². The van der Waals surface area contributed by atoms with E-state index in [0.717, 1.165) is 30.5 Å². The molecule has 29 heavy (non-hydrogen) atoms. The number of rotatable bonds is 8. The van der Waals surface area contributed by atoms with Gasteiger partial charge in [0.25, 0.3) is 15.9 Å². The quantitative estimate of drug-likeness (QED) is 0.712. The molecule has 156 valence electrons. The largest absolute Gasteiger partial charge is 0.494 e. The van der Waals surface area contributed by atoms with Crippen LogP contribution in [0.15, 0.2) is 47.4 Å². The Kier molecular flexibility index (Phi) is 6.76. The van der Waals surface area contributed by atoms with Crippen molar-refractivity contribution in [1.29, 1.82) is 0 Å². The lowest BCUT2D eigenvalue weighted by atomic mass is 10.0. The molecule has 0 saturated heterocycles. The van der Waals surface area contributed by atoms with Crippen molar-refractivity contribution in [3.05, 3.63) is 48.0 Å². The summed E-state index contributed by atoms with van der Waals surface area (Å²) in [7, 11) is -2.23. The van der Waals surface area contributed by atoms with Crippen LogP contribution in [-0.2, 0) is 26.0 Å². The van der Waals surface area contributed by atoms with Crippen LogP contribution in [0.3, 0.4) is 0 Å². The van der Waals surface area contributed by atoms with E-state index in [9.17, 15) is 13.2 Å². The van der Waals surface area contributed by atoms with Crippen molar-refractivity contribution in [2.24, 2.45) is 0 Å². The maximum Gasteiger partial charge on any atom is 0.261 e. The van der Waals surface area contributed by atoms with Crippen molar-refractivity contribution in [1.82, 2.24) is 0 Å². The van der Waals surface area contributed by atoms with Crippen LogP contribution >= 0.6 is 0 Å². The maximum atomic E-state index is 12.7. The third-order valence-electron chi connectivity index (χ3n) is 4.63. The third kappa shape index (κ3) is 5.07. The molecule has 2 aromatic rings. The summed E-state index contributed by atoms with van der Waals surface area (Å²) in [5.74, 6) is 0.535. The molecule has 1 aliphatic rings. The number of amides is 1. The lowest BCUT2D eigenvalue weighted by Crippen LogP contribution is -2.37. The number of hydrogen-bond donors (Lipinski definition) is 1. The Morgan fingerprint density at radius 3 is 2.62 bits per heavy atom. The number of carbonyl (C=O) groups excluding carboxylic acids is 1. The summed E-state index contributed by atoms with van der Waals surface area (Å²) in [5.41, 5.74) is 2.21. The highest BCUT2D eigenvalue weighted by Crippen LogP contribution is 2.31. The van der Waals surface area contributed by atoms with Crippen LogP contribution < -0.4 is 14.4 Å². The standard InChI is InChI=1S/C21H26N2O5S/c1-3-13-28-18-7-9-19(10-8-18)29(25,26)22-17-6-11-20-16(14-17)5-4-12-23(20)21(24)15-27-2/h6-11,14,22H,3-5,12-13,15H2,1-2H3.